The Morgan fingerprint density at radius 3 is 2.44 bits per heavy atom. The number of para-hydroxylation sites is 1. The summed E-state index contributed by atoms with van der Waals surface area (Å²) >= 11 is 0. The number of nitrogen functional groups attached to an aromatic ring is 1. The first-order chi connectivity index (χ1) is 4.34. The number of terminal acetylenes is 1. The van der Waals surface area contributed by atoms with Crippen molar-refractivity contribution in [2.75, 3.05) is 5.73 Å². The Morgan fingerprint density at radius 1 is 1.33 bits per heavy atom. The van der Waals surface area contributed by atoms with Gasteiger partial charge in [-0.25, -0.2) is 0 Å². The molecule has 0 amide bonds. The van der Waals surface area contributed by atoms with E-state index in [2.05, 4.69) is 5.92 Å². The molecule has 1 rings (SSSR count). The van der Waals surface area contributed by atoms with Gasteiger partial charge >= 0.3 is 0 Å². The number of benzene rings is 1. The molecule has 1 aromatic rings. The topological polar surface area (TPSA) is 26.0 Å². The summed E-state index contributed by atoms with van der Waals surface area (Å²) in [4.78, 5) is 0. The molecule has 0 aromatic heterocycles. The summed E-state index contributed by atoms with van der Waals surface area (Å²) in [6, 6.07) is 7.33. The van der Waals surface area contributed by atoms with E-state index >= 15 is 0 Å². The quantitative estimate of drug-likeness (QED) is 0.401. The lowest BCUT2D eigenvalue weighted by Gasteiger charge is -1.93. The van der Waals surface area contributed by atoms with E-state index in [9.17, 15) is 0 Å². The molecule has 0 atom stereocenters. The zero-order valence-electron chi connectivity index (χ0n) is 4.96. The van der Waals surface area contributed by atoms with Crippen molar-refractivity contribution in [1.82, 2.24) is 0 Å². The van der Waals surface area contributed by atoms with Crippen LogP contribution in [0.25, 0.3) is 0 Å². The molecule has 9 heavy (non-hydrogen) atoms. The van der Waals surface area contributed by atoms with Crippen molar-refractivity contribution in [2.45, 2.75) is 0 Å². The zero-order chi connectivity index (χ0) is 6.69. The Balaban J connectivity index is 3.20. The summed E-state index contributed by atoms with van der Waals surface area (Å²) < 4.78 is 0. The van der Waals surface area contributed by atoms with Gasteiger partial charge in [0.1, 0.15) is 0 Å². The Bertz CT molecular complexity index is 245. The van der Waals surface area contributed by atoms with Crippen LogP contribution < -0.4 is 5.73 Å². The normalized spacial score (nSPS) is 8.33. The molecule has 0 heterocycles. The van der Waals surface area contributed by atoms with Crippen LogP contribution in [0.2, 0.25) is 0 Å². The lowest BCUT2D eigenvalue weighted by atomic mass is 10.2. The lowest BCUT2D eigenvalue weighted by molar-refractivity contribution is 1.63. The molecular weight excluding hydrogens is 110 g/mol. The molecule has 0 aliphatic carbocycles. The first-order valence-electron chi connectivity index (χ1n) is 2.65. The highest BCUT2D eigenvalue weighted by Crippen LogP contribution is 2.06. The van der Waals surface area contributed by atoms with Crippen molar-refractivity contribution < 1.29 is 0 Å². The summed E-state index contributed by atoms with van der Waals surface area (Å²) in [7, 11) is 0. The van der Waals surface area contributed by atoms with Crippen LogP contribution in [0.1, 0.15) is 5.56 Å². The SMILES string of the molecule is C#Cc1ccccc1N. The van der Waals surface area contributed by atoms with Crippen LogP contribution >= 0.6 is 0 Å². The monoisotopic (exact) mass is 117 g/mol. The van der Waals surface area contributed by atoms with E-state index in [4.69, 9.17) is 12.2 Å². The molecule has 2 N–H and O–H groups in total. The van der Waals surface area contributed by atoms with Crippen LogP contribution in [0.5, 0.6) is 0 Å². The van der Waals surface area contributed by atoms with Crippen LogP contribution in [0.4, 0.5) is 5.69 Å². The summed E-state index contributed by atoms with van der Waals surface area (Å²) in [6.45, 7) is 0. The predicted molar refractivity (Wildman–Crippen MR) is 38.8 cm³/mol. The minimum Gasteiger partial charge on any atom is -0.398 e. The van der Waals surface area contributed by atoms with Crippen molar-refractivity contribution in [2.24, 2.45) is 0 Å². The van der Waals surface area contributed by atoms with Gasteiger partial charge in [-0.15, -0.1) is 6.42 Å². The van der Waals surface area contributed by atoms with Crippen LogP contribution in [0.15, 0.2) is 24.3 Å². The molecule has 0 radical (unpaired) electrons. The van der Waals surface area contributed by atoms with Crippen molar-refractivity contribution >= 4 is 5.69 Å². The second-order valence-electron chi connectivity index (χ2n) is 1.73. The first kappa shape index (κ1) is 5.71. The third kappa shape index (κ3) is 1.03. The Morgan fingerprint density at radius 2 is 2.00 bits per heavy atom. The van der Waals surface area contributed by atoms with E-state index in [0.29, 0.717) is 5.69 Å². The van der Waals surface area contributed by atoms with Crippen molar-refractivity contribution in [3.8, 4) is 12.3 Å². The van der Waals surface area contributed by atoms with Crippen molar-refractivity contribution in [3.63, 3.8) is 0 Å². The van der Waals surface area contributed by atoms with Gasteiger partial charge in [0.25, 0.3) is 0 Å². The summed E-state index contributed by atoms with van der Waals surface area (Å²) in [5, 5.41) is 0. The maximum Gasteiger partial charge on any atom is 0.0473 e. The number of hydrogen-bond acceptors (Lipinski definition) is 1. The average Bonchev–Trinajstić information content (AvgIpc) is 1.89. The predicted octanol–water partition coefficient (Wildman–Crippen LogP) is 1.25. The number of rotatable bonds is 0. The Hall–Kier alpha value is -1.42. The molecule has 44 valence electrons. The van der Waals surface area contributed by atoms with Crippen LogP contribution in [-0.4, -0.2) is 0 Å². The third-order valence-corrected chi connectivity index (χ3v) is 1.12. The molecule has 1 nitrogen and oxygen atoms in total. The zero-order valence-corrected chi connectivity index (χ0v) is 4.96. The van der Waals surface area contributed by atoms with Gasteiger partial charge in [-0.1, -0.05) is 18.1 Å². The van der Waals surface area contributed by atoms with Crippen LogP contribution in [-0.2, 0) is 0 Å². The molecule has 0 fully saturated rings. The highest BCUT2D eigenvalue weighted by molar-refractivity contribution is 5.54. The van der Waals surface area contributed by atoms with E-state index in [1.54, 1.807) is 6.07 Å². The number of hydrogen-bond donors (Lipinski definition) is 1. The molecule has 0 aliphatic heterocycles. The highest BCUT2D eigenvalue weighted by atomic mass is 14.5. The third-order valence-electron chi connectivity index (χ3n) is 1.12. The lowest BCUT2D eigenvalue weighted by Crippen LogP contribution is -1.87. The molecule has 0 unspecified atom stereocenters. The largest absolute Gasteiger partial charge is 0.398 e. The molecule has 1 heteroatoms. The molecule has 0 saturated heterocycles. The van der Waals surface area contributed by atoms with E-state index < -0.39 is 0 Å². The minimum atomic E-state index is 0.667. The molecule has 0 aliphatic rings. The van der Waals surface area contributed by atoms with E-state index in [1.807, 2.05) is 18.2 Å². The fraction of sp³-hybridized carbons (Fsp3) is 0. The number of nitrogens with two attached hydrogens (primary N) is 1. The Labute approximate surface area is 54.5 Å². The van der Waals surface area contributed by atoms with Gasteiger partial charge in [-0.2, -0.15) is 0 Å². The van der Waals surface area contributed by atoms with E-state index in [-0.39, 0.29) is 0 Å². The average molecular weight is 117 g/mol. The highest BCUT2D eigenvalue weighted by Gasteiger charge is 1.88. The fourth-order valence-electron chi connectivity index (χ4n) is 0.628. The van der Waals surface area contributed by atoms with Gasteiger partial charge in [-0.3, -0.25) is 0 Å². The molecule has 0 spiro atoms. The molecular formula is C8H7N. The van der Waals surface area contributed by atoms with Crippen LogP contribution in [0.3, 0.4) is 0 Å². The van der Waals surface area contributed by atoms with Crippen molar-refractivity contribution in [1.29, 1.82) is 0 Å². The van der Waals surface area contributed by atoms with Gasteiger partial charge in [0.2, 0.25) is 0 Å². The molecule has 1 aromatic carbocycles. The van der Waals surface area contributed by atoms with Gasteiger partial charge in [0.15, 0.2) is 0 Å². The van der Waals surface area contributed by atoms with Crippen molar-refractivity contribution in [3.05, 3.63) is 29.8 Å². The Kier molecular flexibility index (Phi) is 1.42. The van der Waals surface area contributed by atoms with Crippen LogP contribution in [0, 0.1) is 12.3 Å². The summed E-state index contributed by atoms with van der Waals surface area (Å²) in [6.07, 6.45) is 5.12. The van der Waals surface area contributed by atoms with E-state index in [1.165, 1.54) is 0 Å². The van der Waals surface area contributed by atoms with Gasteiger partial charge < -0.3 is 5.73 Å². The van der Waals surface area contributed by atoms with Gasteiger partial charge in [-0.05, 0) is 12.1 Å². The second-order valence-corrected chi connectivity index (χ2v) is 1.73. The smallest absolute Gasteiger partial charge is 0.0473 e. The minimum absolute atomic E-state index is 0.667. The maximum absolute atomic E-state index is 5.49. The fourth-order valence-corrected chi connectivity index (χ4v) is 0.628. The number of anilines is 1. The second kappa shape index (κ2) is 2.23. The molecule has 0 saturated carbocycles. The maximum atomic E-state index is 5.49. The first-order valence-corrected chi connectivity index (χ1v) is 2.65. The standard InChI is InChI=1S/C8H7N/c1-2-7-5-3-4-6-8(7)9/h1,3-6H,9H2. The summed E-state index contributed by atoms with van der Waals surface area (Å²) in [5.74, 6) is 2.47. The van der Waals surface area contributed by atoms with E-state index in [0.717, 1.165) is 5.56 Å². The molecule has 0 bridgehead atoms. The van der Waals surface area contributed by atoms with Gasteiger partial charge in [0.05, 0.1) is 0 Å². The summed E-state index contributed by atoms with van der Waals surface area (Å²) in [5.41, 5.74) is 6.92. The van der Waals surface area contributed by atoms with Gasteiger partial charge in [0, 0.05) is 11.3 Å².